The third kappa shape index (κ3) is 6.87. The van der Waals surface area contributed by atoms with Crippen molar-refractivity contribution < 1.29 is 14.1 Å². The molecule has 1 fully saturated rings. The Kier molecular flexibility index (Phi) is 8.21. The first-order valence-electron chi connectivity index (χ1n) is 11.4. The molecule has 0 radical (unpaired) electrons. The van der Waals surface area contributed by atoms with E-state index in [1.807, 2.05) is 19.1 Å². The summed E-state index contributed by atoms with van der Waals surface area (Å²) in [6.07, 6.45) is 2.57. The number of aromatic nitrogens is 2. The Bertz CT molecular complexity index is 818. The van der Waals surface area contributed by atoms with Crippen LogP contribution in [-0.2, 0) is 21.5 Å². The summed E-state index contributed by atoms with van der Waals surface area (Å²) in [7, 11) is 0. The second-order valence-corrected chi connectivity index (χ2v) is 9.23. The standard InChI is InChI=1S/C24H36N4O3/c1-5-30-16-6-13-25-23(29)19-11-14-28(15-12-19)17-21-26-22(27-31-21)18-7-9-20(10-8-18)24(2,3)4/h7-10,19H,5-6,11-17H2,1-4H3,(H,25,29). The van der Waals surface area contributed by atoms with Gasteiger partial charge in [-0.25, -0.2) is 0 Å². The predicted octanol–water partition coefficient (Wildman–Crippen LogP) is 3.79. The normalized spacial score (nSPS) is 15.9. The minimum absolute atomic E-state index is 0.0860. The highest BCUT2D eigenvalue weighted by atomic mass is 16.5. The zero-order chi connectivity index (χ0) is 22.3. The summed E-state index contributed by atoms with van der Waals surface area (Å²) in [4.78, 5) is 19.2. The maximum absolute atomic E-state index is 12.3. The fourth-order valence-corrected chi connectivity index (χ4v) is 3.77. The number of nitrogens with one attached hydrogen (secondary N) is 1. The van der Waals surface area contributed by atoms with Gasteiger partial charge in [0, 0.05) is 31.2 Å². The van der Waals surface area contributed by atoms with Crippen molar-refractivity contribution in [1.29, 1.82) is 0 Å². The Balaban J connectivity index is 1.44. The number of amides is 1. The van der Waals surface area contributed by atoms with Gasteiger partial charge >= 0.3 is 0 Å². The van der Waals surface area contributed by atoms with E-state index in [4.69, 9.17) is 9.26 Å². The minimum Gasteiger partial charge on any atom is -0.382 e. The Morgan fingerprint density at radius 1 is 1.23 bits per heavy atom. The number of ether oxygens (including phenoxy) is 1. The van der Waals surface area contributed by atoms with Gasteiger partial charge in [0.25, 0.3) is 0 Å². The zero-order valence-corrected chi connectivity index (χ0v) is 19.3. The van der Waals surface area contributed by atoms with Crippen LogP contribution in [0.3, 0.4) is 0 Å². The minimum atomic E-state index is 0.0860. The van der Waals surface area contributed by atoms with Crippen molar-refractivity contribution in [2.75, 3.05) is 32.8 Å². The molecule has 0 aliphatic carbocycles. The van der Waals surface area contributed by atoms with Crippen molar-refractivity contribution in [2.45, 2.75) is 58.9 Å². The lowest BCUT2D eigenvalue weighted by Crippen LogP contribution is -2.40. The molecular formula is C24H36N4O3. The highest BCUT2D eigenvalue weighted by Gasteiger charge is 2.25. The van der Waals surface area contributed by atoms with Crippen LogP contribution in [0, 0.1) is 5.92 Å². The van der Waals surface area contributed by atoms with Gasteiger partial charge in [0.1, 0.15) is 0 Å². The molecule has 1 amide bonds. The lowest BCUT2D eigenvalue weighted by atomic mass is 9.87. The molecule has 0 spiro atoms. The fraction of sp³-hybridized carbons (Fsp3) is 0.625. The van der Waals surface area contributed by atoms with Crippen LogP contribution >= 0.6 is 0 Å². The smallest absolute Gasteiger partial charge is 0.241 e. The molecule has 0 bridgehead atoms. The first kappa shape index (κ1) is 23.4. The van der Waals surface area contributed by atoms with E-state index in [9.17, 15) is 4.79 Å². The van der Waals surface area contributed by atoms with Gasteiger partial charge in [0.05, 0.1) is 6.54 Å². The molecule has 2 aromatic rings. The van der Waals surface area contributed by atoms with E-state index in [1.54, 1.807) is 0 Å². The largest absolute Gasteiger partial charge is 0.382 e. The van der Waals surface area contributed by atoms with Gasteiger partial charge in [0.2, 0.25) is 17.6 Å². The number of carbonyl (C=O) groups excluding carboxylic acids is 1. The highest BCUT2D eigenvalue weighted by Crippen LogP contribution is 2.25. The lowest BCUT2D eigenvalue weighted by Gasteiger charge is -2.30. The SMILES string of the molecule is CCOCCCNC(=O)C1CCN(Cc2nc(-c3ccc(C(C)(C)C)cc3)no2)CC1. The molecule has 1 aromatic heterocycles. The van der Waals surface area contributed by atoms with E-state index in [-0.39, 0.29) is 17.2 Å². The van der Waals surface area contributed by atoms with Crippen molar-refractivity contribution in [3.63, 3.8) is 0 Å². The Morgan fingerprint density at radius 3 is 2.58 bits per heavy atom. The number of rotatable bonds is 9. The molecular weight excluding hydrogens is 392 g/mol. The molecule has 0 atom stereocenters. The molecule has 170 valence electrons. The van der Waals surface area contributed by atoms with E-state index in [0.717, 1.165) is 44.5 Å². The molecule has 7 heteroatoms. The average Bonchev–Trinajstić information content (AvgIpc) is 3.22. The molecule has 1 N–H and O–H groups in total. The van der Waals surface area contributed by atoms with Gasteiger partial charge in [-0.05, 0) is 50.3 Å². The molecule has 1 aromatic carbocycles. The first-order valence-corrected chi connectivity index (χ1v) is 11.4. The monoisotopic (exact) mass is 428 g/mol. The third-order valence-electron chi connectivity index (χ3n) is 5.76. The van der Waals surface area contributed by atoms with E-state index in [2.05, 4.69) is 53.3 Å². The number of hydrogen-bond acceptors (Lipinski definition) is 6. The van der Waals surface area contributed by atoms with Crippen molar-refractivity contribution in [3.05, 3.63) is 35.7 Å². The molecule has 0 unspecified atom stereocenters. The molecule has 0 saturated carbocycles. The van der Waals surface area contributed by atoms with Crippen LogP contribution in [0.2, 0.25) is 0 Å². The maximum Gasteiger partial charge on any atom is 0.241 e. The summed E-state index contributed by atoms with van der Waals surface area (Å²) >= 11 is 0. The summed E-state index contributed by atoms with van der Waals surface area (Å²) in [5.41, 5.74) is 2.36. The summed E-state index contributed by atoms with van der Waals surface area (Å²) in [6.45, 7) is 13.0. The second kappa shape index (κ2) is 10.9. The van der Waals surface area contributed by atoms with Crippen LogP contribution in [0.1, 0.15) is 58.4 Å². The number of hydrogen-bond donors (Lipinski definition) is 1. The average molecular weight is 429 g/mol. The number of benzene rings is 1. The van der Waals surface area contributed by atoms with Crippen molar-refractivity contribution in [3.8, 4) is 11.4 Å². The quantitative estimate of drug-likeness (QED) is 0.612. The predicted molar refractivity (Wildman–Crippen MR) is 121 cm³/mol. The molecule has 1 aliphatic heterocycles. The van der Waals surface area contributed by atoms with Crippen LogP contribution in [0.5, 0.6) is 0 Å². The van der Waals surface area contributed by atoms with Gasteiger partial charge in [-0.3, -0.25) is 9.69 Å². The lowest BCUT2D eigenvalue weighted by molar-refractivity contribution is -0.126. The molecule has 31 heavy (non-hydrogen) atoms. The summed E-state index contributed by atoms with van der Waals surface area (Å²) in [5, 5.41) is 7.19. The number of carbonyl (C=O) groups is 1. The zero-order valence-electron chi connectivity index (χ0n) is 19.3. The Hall–Kier alpha value is -2.25. The molecule has 1 saturated heterocycles. The van der Waals surface area contributed by atoms with Crippen LogP contribution in [0.25, 0.3) is 11.4 Å². The van der Waals surface area contributed by atoms with Crippen LogP contribution < -0.4 is 5.32 Å². The molecule has 1 aliphatic rings. The van der Waals surface area contributed by atoms with Crippen molar-refractivity contribution >= 4 is 5.91 Å². The molecule has 3 rings (SSSR count). The van der Waals surface area contributed by atoms with Crippen molar-refractivity contribution in [1.82, 2.24) is 20.4 Å². The van der Waals surface area contributed by atoms with Gasteiger partial charge in [0.15, 0.2) is 0 Å². The van der Waals surface area contributed by atoms with Gasteiger partial charge in [-0.15, -0.1) is 0 Å². The van der Waals surface area contributed by atoms with E-state index < -0.39 is 0 Å². The van der Waals surface area contributed by atoms with Crippen LogP contribution in [0.4, 0.5) is 0 Å². The van der Waals surface area contributed by atoms with E-state index in [1.165, 1.54) is 5.56 Å². The van der Waals surface area contributed by atoms with E-state index >= 15 is 0 Å². The van der Waals surface area contributed by atoms with Crippen molar-refractivity contribution in [2.24, 2.45) is 5.92 Å². The number of nitrogens with zero attached hydrogens (tertiary/aromatic N) is 3. The van der Waals surface area contributed by atoms with Gasteiger partial charge < -0.3 is 14.6 Å². The number of likely N-dealkylation sites (tertiary alicyclic amines) is 1. The van der Waals surface area contributed by atoms with Crippen LogP contribution in [-0.4, -0.2) is 53.8 Å². The molecule has 7 nitrogen and oxygen atoms in total. The Labute approximate surface area is 185 Å². The fourth-order valence-electron chi connectivity index (χ4n) is 3.77. The summed E-state index contributed by atoms with van der Waals surface area (Å²) in [5.74, 6) is 1.49. The van der Waals surface area contributed by atoms with Gasteiger partial charge in [-0.2, -0.15) is 4.98 Å². The topological polar surface area (TPSA) is 80.5 Å². The van der Waals surface area contributed by atoms with E-state index in [0.29, 0.717) is 31.4 Å². The highest BCUT2D eigenvalue weighted by molar-refractivity contribution is 5.78. The summed E-state index contributed by atoms with van der Waals surface area (Å²) in [6, 6.07) is 8.34. The van der Waals surface area contributed by atoms with Crippen LogP contribution in [0.15, 0.2) is 28.8 Å². The molecule has 2 heterocycles. The number of piperidine rings is 1. The maximum atomic E-state index is 12.3. The summed E-state index contributed by atoms with van der Waals surface area (Å²) < 4.78 is 10.8. The van der Waals surface area contributed by atoms with Gasteiger partial charge in [-0.1, -0.05) is 50.2 Å². The third-order valence-corrected chi connectivity index (χ3v) is 5.76. The second-order valence-electron chi connectivity index (χ2n) is 9.23. The first-order chi connectivity index (χ1) is 14.9. The Morgan fingerprint density at radius 2 is 1.94 bits per heavy atom.